The average molecular weight is 1130 g/mol. The molecule has 1 saturated carbocycles. The molecule has 1 N–H and O–H groups in total. The minimum Gasteiger partial charge on any atom is -0.305 e. The van der Waals surface area contributed by atoms with Crippen molar-refractivity contribution in [2.24, 2.45) is 0 Å². The van der Waals surface area contributed by atoms with Gasteiger partial charge in [0.25, 0.3) is 0 Å². The predicted molar refractivity (Wildman–Crippen MR) is 340 cm³/mol. The molecule has 1 heterocycles. The Bertz CT molecular complexity index is 5350. The van der Waals surface area contributed by atoms with Crippen LogP contribution in [0, 0.1) is 362 Å². The number of hydrogen-bond donors (Lipinski definition) is 1. The van der Waals surface area contributed by atoms with Gasteiger partial charge in [-0.2, -0.15) is 18.4 Å². The molecule has 2 fully saturated rings. The Morgan fingerprint density at radius 3 is 0.932 bits per heavy atom. The number of rotatable bonds is 2. The summed E-state index contributed by atoms with van der Waals surface area (Å²) in [4.78, 5) is 6.28. The highest BCUT2D eigenvalue weighted by atomic mass is 32.1. The van der Waals surface area contributed by atoms with Crippen LogP contribution in [0.3, 0.4) is 0 Å². The lowest BCUT2D eigenvalue weighted by molar-refractivity contribution is -0.136. The summed E-state index contributed by atoms with van der Waals surface area (Å²) in [5.74, 6) is 139. The monoisotopic (exact) mass is 1130 g/mol. The van der Waals surface area contributed by atoms with E-state index in [1.54, 1.807) is 13.0 Å². The number of nitrogens with one attached hydrogen (secondary N) is 1. The lowest BCUT2D eigenvalue weighted by Gasteiger charge is -2.44. The first kappa shape index (κ1) is 66.5. The number of alkyl halides is 3. The highest BCUT2D eigenvalue weighted by Gasteiger charge is 2.57. The molecule has 5 nitrogen and oxygen atoms in total. The summed E-state index contributed by atoms with van der Waals surface area (Å²) < 4.78 is 40.3. The number of amidine groups is 1. The quantitative estimate of drug-likeness (QED) is 0.207. The van der Waals surface area contributed by atoms with Gasteiger partial charge in [0.2, 0.25) is 0 Å². The zero-order valence-corrected chi connectivity index (χ0v) is 46.3. The number of halogens is 3. The van der Waals surface area contributed by atoms with Gasteiger partial charge in [0.05, 0.1) is 12.1 Å². The number of nitriles is 1. The largest absolute Gasteiger partial charge is 0.407 e. The van der Waals surface area contributed by atoms with E-state index in [0.29, 0.717) is 12.8 Å². The van der Waals surface area contributed by atoms with Gasteiger partial charge in [-0.25, -0.2) is 4.85 Å². The second kappa shape index (κ2) is 42.2. The van der Waals surface area contributed by atoms with Gasteiger partial charge >= 0.3 is 6.18 Å². The van der Waals surface area contributed by atoms with Crippen molar-refractivity contribution in [1.82, 2.24) is 0 Å². The summed E-state index contributed by atoms with van der Waals surface area (Å²) in [6, 6.07) is 12.8. The van der Waals surface area contributed by atoms with Crippen molar-refractivity contribution in [2.45, 2.75) is 44.8 Å². The Hall–Kier alpha value is -15.8. The number of benzene rings is 2. The summed E-state index contributed by atoms with van der Waals surface area (Å²) in [7, 11) is 0. The van der Waals surface area contributed by atoms with Gasteiger partial charge in [-0.15, -0.1) is 0 Å². The molecule has 0 radical (unpaired) electrons. The van der Waals surface area contributed by atoms with Gasteiger partial charge < -0.3 is 4.90 Å². The molecule has 388 valence electrons. The zero-order valence-electron chi connectivity index (χ0n) is 45.5. The summed E-state index contributed by atoms with van der Waals surface area (Å²) in [5, 5.41) is 17.3. The molecule has 88 heavy (non-hydrogen) atoms. The normalized spacial score (nSPS) is 8.62. The van der Waals surface area contributed by atoms with Crippen LogP contribution in [-0.2, 0) is 6.18 Å². The lowest BCUT2D eigenvalue weighted by Crippen LogP contribution is -2.55. The van der Waals surface area contributed by atoms with E-state index >= 15 is 0 Å². The Balaban J connectivity index is 0.000000572. The molecule has 0 aromatic heterocycles. The number of thiocarbonyl (C=S) groups is 1. The summed E-state index contributed by atoms with van der Waals surface area (Å²) >= 11 is 5.65. The minimum absolute atomic E-state index is 0.153. The van der Waals surface area contributed by atoms with Crippen LogP contribution in [0.1, 0.15) is 37.3 Å². The van der Waals surface area contributed by atoms with Gasteiger partial charge in [0, 0.05) is 290 Å². The molecule has 1 spiro atoms. The topological polar surface area (TPSA) is 58.5 Å². The molecular weight excluding hydrogens is 1110 g/mol. The maximum absolute atomic E-state index is 13.4. The van der Waals surface area contributed by atoms with E-state index < -0.39 is 23.0 Å². The molecule has 9 heteroatoms. The van der Waals surface area contributed by atoms with Crippen LogP contribution in [-0.4, -0.2) is 16.5 Å². The average Bonchev–Trinajstić information content (AvgIpc) is 1.67. The first-order valence-electron chi connectivity index (χ1n) is 23.8. The van der Waals surface area contributed by atoms with Crippen molar-refractivity contribution in [3.63, 3.8) is 0 Å². The van der Waals surface area contributed by atoms with Gasteiger partial charge in [-0.05, 0) is 117 Å². The zero-order chi connectivity index (χ0) is 63.3. The van der Waals surface area contributed by atoms with Crippen LogP contribution in [0.4, 0.5) is 30.2 Å². The molecule has 0 bridgehead atoms. The molecule has 0 amide bonds. The van der Waals surface area contributed by atoms with Gasteiger partial charge in [0.15, 0.2) is 16.9 Å². The molecule has 2 aromatic carbocycles. The Kier molecular flexibility index (Phi) is 31.9. The van der Waals surface area contributed by atoms with Crippen LogP contribution in [0.2, 0.25) is 0 Å². The standard InChI is InChI=1S/C58H3N.C21H17F3N4S/c1-2-3-4-5-6-7-8-9-10-11-12-13-14-15-16-17-18-19-20-21-22-23-24-25-26-27-28-29-30-31-32-33-34-35-36-37-38-39-40-41-42-43-44-45-46-47-48-49-50-51-52-53-54-55-56-57-58-59;1-13-4-6-14(7-5-13)28-19(29)27(18(25)20(28)10-3-11-20)15-8-9-17(26-2)16(12-15)21(22,23)24/h1H3;4-9,12,25H,3,10-11H2,1H3. The van der Waals surface area contributed by atoms with E-state index in [-0.39, 0.29) is 16.6 Å². The SMILES string of the molecule is CC#CC#CC#CC#CC#CC#CC#CC#CC#CC#CC#CC#CC#CC#CC#CC#CC#CC#CC#CC#CC#CC#CC#CC#CC#CC#CC#CC#CC#N.[C-]#[N+]c1ccc(N2C(=N)C3(CCC3)N(c3ccc(C)cc3)C2=S)cc1C(F)(F)F. The Morgan fingerprint density at radius 1 is 0.443 bits per heavy atom. The van der Waals surface area contributed by atoms with Crippen molar-refractivity contribution in [1.29, 1.82) is 10.7 Å². The maximum atomic E-state index is 13.4. The van der Waals surface area contributed by atoms with E-state index in [9.17, 15) is 13.2 Å². The third kappa shape index (κ3) is 27.2. The molecule has 1 aliphatic heterocycles. The molecule has 1 saturated heterocycles. The van der Waals surface area contributed by atoms with E-state index in [1.165, 1.54) is 11.0 Å². The van der Waals surface area contributed by atoms with E-state index in [0.717, 1.165) is 29.8 Å². The predicted octanol–water partition coefficient (Wildman–Crippen LogP) is 6.70. The molecule has 4 rings (SSSR count). The summed E-state index contributed by atoms with van der Waals surface area (Å²) in [6.07, 6.45) is -2.32. The second-order valence-corrected chi connectivity index (χ2v) is 14.9. The number of aryl methyl sites for hydroxylation is 1. The van der Waals surface area contributed by atoms with Gasteiger partial charge in [-0.3, -0.25) is 10.3 Å². The first-order chi connectivity index (χ1) is 43.1. The minimum atomic E-state index is -4.66. The van der Waals surface area contributed by atoms with Crippen molar-refractivity contribution in [3.05, 3.63) is 65.0 Å². The van der Waals surface area contributed by atoms with E-state index in [2.05, 4.69) is 336 Å². The van der Waals surface area contributed by atoms with Gasteiger partial charge in [-0.1, -0.05) is 29.7 Å². The van der Waals surface area contributed by atoms with Crippen LogP contribution >= 0.6 is 12.2 Å². The highest BCUT2D eigenvalue weighted by Crippen LogP contribution is 2.49. The Morgan fingerprint density at radius 2 is 0.705 bits per heavy atom. The maximum Gasteiger partial charge on any atom is 0.407 e. The fourth-order valence-corrected chi connectivity index (χ4v) is 6.17. The smallest absolute Gasteiger partial charge is 0.305 e. The van der Waals surface area contributed by atoms with E-state index in [1.807, 2.05) is 36.1 Å². The van der Waals surface area contributed by atoms with Crippen LogP contribution in [0.5, 0.6) is 0 Å². The number of nitrogens with zero attached hydrogens (tertiary/aromatic N) is 4. The van der Waals surface area contributed by atoms with E-state index in [4.69, 9.17) is 29.5 Å². The van der Waals surface area contributed by atoms with Crippen LogP contribution in [0.15, 0.2) is 42.5 Å². The van der Waals surface area contributed by atoms with Crippen molar-refractivity contribution in [2.75, 3.05) is 9.80 Å². The molecule has 1 aliphatic carbocycles. The molecule has 0 atom stereocenters. The fourth-order valence-electron chi connectivity index (χ4n) is 5.69. The third-order valence-electron chi connectivity index (χ3n) is 9.17. The molecule has 0 unspecified atom stereocenters. The van der Waals surface area contributed by atoms with Gasteiger partial charge in [0.1, 0.15) is 11.4 Å². The summed E-state index contributed by atoms with van der Waals surface area (Å²) in [5.41, 5.74) is -0.0629. The fraction of sp³-hybridized carbons (Fsp3) is 0.0886. The summed E-state index contributed by atoms with van der Waals surface area (Å²) in [6.45, 7) is 10.7. The first-order valence-corrected chi connectivity index (χ1v) is 24.2. The molecule has 2 aliphatic rings. The number of anilines is 2. The molecular formula is C79H20F3N5S. The highest BCUT2D eigenvalue weighted by molar-refractivity contribution is 7.81. The Labute approximate surface area is 518 Å². The van der Waals surface area contributed by atoms with Crippen LogP contribution in [0.25, 0.3) is 4.85 Å². The second-order valence-electron chi connectivity index (χ2n) is 14.6. The molecule has 2 aromatic rings. The third-order valence-corrected chi connectivity index (χ3v) is 9.53. The van der Waals surface area contributed by atoms with Crippen LogP contribution < -0.4 is 9.80 Å². The lowest BCUT2D eigenvalue weighted by atomic mass is 9.75. The van der Waals surface area contributed by atoms with Crippen molar-refractivity contribution < 1.29 is 13.2 Å². The van der Waals surface area contributed by atoms with Crippen molar-refractivity contribution in [3.8, 4) is 338 Å². The van der Waals surface area contributed by atoms with Crippen molar-refractivity contribution >= 4 is 40.2 Å². The number of hydrogen-bond acceptors (Lipinski definition) is 3.